The summed E-state index contributed by atoms with van der Waals surface area (Å²) in [5, 5.41) is 0.715. The van der Waals surface area contributed by atoms with Crippen molar-refractivity contribution in [2.75, 3.05) is 13.2 Å². The highest BCUT2D eigenvalue weighted by Gasteiger charge is 2.10. The van der Waals surface area contributed by atoms with Crippen LogP contribution >= 0.6 is 34.2 Å². The Hall–Kier alpha value is 0.160. The van der Waals surface area contributed by atoms with Crippen LogP contribution in [-0.4, -0.2) is 13.2 Å². The smallest absolute Gasteiger partial charge is 0.0659 e. The van der Waals surface area contributed by atoms with Gasteiger partial charge in [-0.05, 0) is 53.3 Å². The molecule has 0 radical (unpaired) electrons. The molecule has 0 saturated heterocycles. The van der Waals surface area contributed by atoms with Crippen LogP contribution in [0.2, 0.25) is 5.02 Å². The van der Waals surface area contributed by atoms with E-state index in [1.807, 2.05) is 25.1 Å². The van der Waals surface area contributed by atoms with Gasteiger partial charge in [-0.1, -0.05) is 11.6 Å². The molecule has 1 atom stereocenters. The van der Waals surface area contributed by atoms with E-state index in [2.05, 4.69) is 22.6 Å². The summed E-state index contributed by atoms with van der Waals surface area (Å²) in [6.45, 7) is 3.17. The number of rotatable bonds is 4. The van der Waals surface area contributed by atoms with Crippen LogP contribution in [-0.2, 0) is 4.74 Å². The zero-order valence-electron chi connectivity index (χ0n) is 7.97. The summed E-state index contributed by atoms with van der Waals surface area (Å²) in [7, 11) is 0. The largest absolute Gasteiger partial charge is 0.380 e. The molecule has 0 aliphatic carbocycles. The Morgan fingerprint density at radius 2 is 2.29 bits per heavy atom. The molecule has 1 aromatic rings. The highest BCUT2D eigenvalue weighted by molar-refractivity contribution is 14.1. The predicted octanol–water partition coefficient (Wildman–Crippen LogP) is 2.98. The zero-order valence-corrected chi connectivity index (χ0v) is 10.9. The third-order valence-electron chi connectivity index (χ3n) is 1.86. The van der Waals surface area contributed by atoms with Gasteiger partial charge in [0, 0.05) is 15.2 Å². The normalized spacial score (nSPS) is 12.9. The maximum absolute atomic E-state index is 5.96. The molecule has 2 N–H and O–H groups in total. The second-order valence-corrected chi connectivity index (χ2v) is 4.53. The van der Waals surface area contributed by atoms with E-state index in [4.69, 9.17) is 22.1 Å². The first-order chi connectivity index (χ1) is 6.65. The number of nitrogens with two attached hydrogens (primary N) is 1. The molecule has 0 spiro atoms. The van der Waals surface area contributed by atoms with Crippen LogP contribution in [0.5, 0.6) is 0 Å². The van der Waals surface area contributed by atoms with Gasteiger partial charge in [-0.15, -0.1) is 0 Å². The van der Waals surface area contributed by atoms with Gasteiger partial charge in [0.25, 0.3) is 0 Å². The van der Waals surface area contributed by atoms with Crippen molar-refractivity contribution in [1.82, 2.24) is 0 Å². The van der Waals surface area contributed by atoms with Gasteiger partial charge >= 0.3 is 0 Å². The van der Waals surface area contributed by atoms with E-state index in [1.54, 1.807) is 0 Å². The lowest BCUT2D eigenvalue weighted by Crippen LogP contribution is -2.18. The average molecular weight is 326 g/mol. The van der Waals surface area contributed by atoms with Crippen molar-refractivity contribution < 1.29 is 4.74 Å². The van der Waals surface area contributed by atoms with Crippen molar-refractivity contribution >= 4 is 34.2 Å². The average Bonchev–Trinajstić information content (AvgIpc) is 2.18. The van der Waals surface area contributed by atoms with Gasteiger partial charge in [-0.3, -0.25) is 0 Å². The minimum atomic E-state index is -0.0967. The fraction of sp³-hybridized carbons (Fsp3) is 0.400. The van der Waals surface area contributed by atoms with Crippen LogP contribution in [0.25, 0.3) is 0 Å². The molecule has 1 unspecified atom stereocenters. The molecule has 78 valence electrons. The van der Waals surface area contributed by atoms with Gasteiger partial charge in [0.15, 0.2) is 0 Å². The molecule has 0 aliphatic heterocycles. The standard InChI is InChI=1S/C10H13ClINO/c1-2-14-6-10(13)8-5-7(11)3-4-9(8)12/h3-5,10H,2,6,13H2,1H3. The van der Waals surface area contributed by atoms with Crippen molar-refractivity contribution in [2.45, 2.75) is 13.0 Å². The second kappa shape index (κ2) is 5.90. The fourth-order valence-electron chi connectivity index (χ4n) is 1.13. The van der Waals surface area contributed by atoms with Gasteiger partial charge in [0.1, 0.15) is 0 Å². The van der Waals surface area contributed by atoms with E-state index in [0.717, 1.165) is 9.13 Å². The third-order valence-corrected chi connectivity index (χ3v) is 3.08. The topological polar surface area (TPSA) is 35.2 Å². The Labute approximate surface area is 103 Å². The Kier molecular flexibility index (Phi) is 5.15. The van der Waals surface area contributed by atoms with Crippen LogP contribution in [0.3, 0.4) is 0 Å². The van der Waals surface area contributed by atoms with Crippen molar-refractivity contribution in [3.8, 4) is 0 Å². The number of halogens is 2. The van der Waals surface area contributed by atoms with E-state index in [-0.39, 0.29) is 6.04 Å². The highest BCUT2D eigenvalue weighted by Crippen LogP contribution is 2.22. The van der Waals surface area contributed by atoms with Crippen molar-refractivity contribution in [1.29, 1.82) is 0 Å². The molecule has 14 heavy (non-hydrogen) atoms. The minimum absolute atomic E-state index is 0.0967. The third kappa shape index (κ3) is 3.38. The highest BCUT2D eigenvalue weighted by atomic mass is 127. The van der Waals surface area contributed by atoms with Gasteiger partial charge in [0.05, 0.1) is 12.6 Å². The molecule has 4 heteroatoms. The van der Waals surface area contributed by atoms with Crippen molar-refractivity contribution in [3.63, 3.8) is 0 Å². The molecule has 2 nitrogen and oxygen atoms in total. The summed E-state index contributed by atoms with van der Waals surface area (Å²) in [6.07, 6.45) is 0. The SMILES string of the molecule is CCOCC(N)c1cc(Cl)ccc1I. The van der Waals surface area contributed by atoms with Gasteiger partial charge in [-0.2, -0.15) is 0 Å². The molecule has 1 rings (SSSR count). The van der Waals surface area contributed by atoms with Crippen LogP contribution < -0.4 is 5.73 Å². The zero-order chi connectivity index (χ0) is 10.6. The Morgan fingerprint density at radius 3 is 2.93 bits per heavy atom. The minimum Gasteiger partial charge on any atom is -0.380 e. The summed E-state index contributed by atoms with van der Waals surface area (Å²) >= 11 is 8.15. The van der Waals surface area contributed by atoms with Crippen molar-refractivity contribution in [3.05, 3.63) is 32.4 Å². The summed E-state index contributed by atoms with van der Waals surface area (Å²) in [6, 6.07) is 5.62. The molecular weight excluding hydrogens is 312 g/mol. The lowest BCUT2D eigenvalue weighted by Gasteiger charge is -2.13. The first kappa shape index (κ1) is 12.2. The van der Waals surface area contributed by atoms with E-state index in [1.165, 1.54) is 0 Å². The van der Waals surface area contributed by atoms with Crippen LogP contribution in [0.4, 0.5) is 0 Å². The fourth-order valence-corrected chi connectivity index (χ4v) is 2.05. The number of benzene rings is 1. The predicted molar refractivity (Wildman–Crippen MR) is 67.6 cm³/mol. The van der Waals surface area contributed by atoms with E-state index in [0.29, 0.717) is 18.2 Å². The lowest BCUT2D eigenvalue weighted by atomic mass is 10.1. The maximum atomic E-state index is 5.96. The van der Waals surface area contributed by atoms with Gasteiger partial charge in [0.2, 0.25) is 0 Å². The molecule has 0 aromatic heterocycles. The first-order valence-corrected chi connectivity index (χ1v) is 5.89. The van der Waals surface area contributed by atoms with E-state index < -0.39 is 0 Å². The molecule has 0 aliphatic rings. The van der Waals surface area contributed by atoms with Crippen LogP contribution in [0, 0.1) is 3.57 Å². The van der Waals surface area contributed by atoms with Gasteiger partial charge in [-0.25, -0.2) is 0 Å². The van der Waals surface area contributed by atoms with Gasteiger partial charge < -0.3 is 10.5 Å². The summed E-state index contributed by atoms with van der Waals surface area (Å²) in [4.78, 5) is 0. The molecule has 0 fully saturated rings. The Morgan fingerprint density at radius 1 is 1.57 bits per heavy atom. The lowest BCUT2D eigenvalue weighted by molar-refractivity contribution is 0.133. The quantitative estimate of drug-likeness (QED) is 0.864. The summed E-state index contributed by atoms with van der Waals surface area (Å²) in [5.74, 6) is 0. The summed E-state index contributed by atoms with van der Waals surface area (Å²) in [5.41, 5.74) is 7.01. The van der Waals surface area contributed by atoms with E-state index in [9.17, 15) is 0 Å². The van der Waals surface area contributed by atoms with Crippen LogP contribution in [0.15, 0.2) is 18.2 Å². The van der Waals surface area contributed by atoms with Crippen molar-refractivity contribution in [2.24, 2.45) is 5.73 Å². The van der Waals surface area contributed by atoms with Crippen LogP contribution in [0.1, 0.15) is 18.5 Å². The first-order valence-electron chi connectivity index (χ1n) is 4.43. The number of hydrogen-bond donors (Lipinski definition) is 1. The molecule has 0 bridgehead atoms. The Bertz CT molecular complexity index is 306. The molecular formula is C10H13ClINO. The molecule has 0 amide bonds. The molecule has 0 heterocycles. The number of hydrogen-bond acceptors (Lipinski definition) is 2. The monoisotopic (exact) mass is 325 g/mol. The molecule has 1 aromatic carbocycles. The number of ether oxygens (including phenoxy) is 1. The molecule has 0 saturated carbocycles. The van der Waals surface area contributed by atoms with E-state index >= 15 is 0 Å². The maximum Gasteiger partial charge on any atom is 0.0659 e. The summed E-state index contributed by atoms with van der Waals surface area (Å²) < 4.78 is 6.40. The second-order valence-electron chi connectivity index (χ2n) is 2.93. The Balaban J connectivity index is 2.77.